The second-order valence-corrected chi connectivity index (χ2v) is 8.69. The lowest BCUT2D eigenvalue weighted by Crippen LogP contribution is -2.23. The molecule has 2 heterocycles. The SMILES string of the molecule is Cc1cccc(C)c1NC(=O)C(C)Sc1ncnc2sc(C)c(C)c12. The van der Waals surface area contributed by atoms with Crippen molar-refractivity contribution in [1.29, 1.82) is 0 Å². The number of aryl methyl sites for hydroxylation is 4. The topological polar surface area (TPSA) is 54.9 Å². The highest BCUT2D eigenvalue weighted by Crippen LogP contribution is 2.36. The molecule has 4 nitrogen and oxygen atoms in total. The molecular weight excluding hydrogens is 350 g/mol. The van der Waals surface area contributed by atoms with Gasteiger partial charge in [0.15, 0.2) is 0 Å². The first-order chi connectivity index (χ1) is 11.9. The van der Waals surface area contributed by atoms with Crippen LogP contribution in [0.25, 0.3) is 10.2 Å². The van der Waals surface area contributed by atoms with Crippen molar-refractivity contribution < 1.29 is 4.79 Å². The van der Waals surface area contributed by atoms with Gasteiger partial charge < -0.3 is 5.32 Å². The van der Waals surface area contributed by atoms with E-state index in [0.29, 0.717) is 0 Å². The molecule has 0 radical (unpaired) electrons. The van der Waals surface area contributed by atoms with Crippen molar-refractivity contribution in [3.63, 3.8) is 0 Å². The Morgan fingerprint density at radius 3 is 2.52 bits per heavy atom. The first-order valence-corrected chi connectivity index (χ1v) is 9.82. The number of thioether (sulfide) groups is 1. The molecule has 1 N–H and O–H groups in total. The van der Waals surface area contributed by atoms with Crippen molar-refractivity contribution in [3.05, 3.63) is 46.1 Å². The van der Waals surface area contributed by atoms with Crippen molar-refractivity contribution in [1.82, 2.24) is 9.97 Å². The van der Waals surface area contributed by atoms with Crippen molar-refractivity contribution in [2.24, 2.45) is 0 Å². The minimum Gasteiger partial charge on any atom is -0.325 e. The van der Waals surface area contributed by atoms with E-state index in [-0.39, 0.29) is 11.2 Å². The number of aromatic nitrogens is 2. The van der Waals surface area contributed by atoms with E-state index in [2.05, 4.69) is 29.1 Å². The summed E-state index contributed by atoms with van der Waals surface area (Å²) in [4.78, 5) is 23.7. The number of para-hydroxylation sites is 1. The van der Waals surface area contributed by atoms with E-state index >= 15 is 0 Å². The number of hydrogen-bond acceptors (Lipinski definition) is 5. The summed E-state index contributed by atoms with van der Waals surface area (Å²) in [5, 5.41) is 4.76. The second kappa shape index (κ2) is 7.14. The van der Waals surface area contributed by atoms with Crippen molar-refractivity contribution in [2.45, 2.75) is 44.9 Å². The molecule has 1 unspecified atom stereocenters. The zero-order valence-corrected chi connectivity index (χ0v) is 16.6. The average molecular weight is 372 g/mol. The van der Waals surface area contributed by atoms with Gasteiger partial charge in [0.2, 0.25) is 5.91 Å². The van der Waals surface area contributed by atoms with Gasteiger partial charge in [-0.15, -0.1) is 11.3 Å². The van der Waals surface area contributed by atoms with Gasteiger partial charge in [-0.05, 0) is 51.3 Å². The Morgan fingerprint density at radius 1 is 1.16 bits per heavy atom. The van der Waals surface area contributed by atoms with Gasteiger partial charge >= 0.3 is 0 Å². The molecule has 0 saturated heterocycles. The molecule has 0 fully saturated rings. The maximum Gasteiger partial charge on any atom is 0.237 e. The van der Waals surface area contributed by atoms with Gasteiger partial charge in [-0.3, -0.25) is 4.79 Å². The highest BCUT2D eigenvalue weighted by molar-refractivity contribution is 8.00. The molecule has 0 saturated carbocycles. The number of nitrogens with zero attached hydrogens (tertiary/aromatic N) is 2. The molecule has 3 rings (SSSR count). The number of carbonyl (C=O) groups is 1. The lowest BCUT2D eigenvalue weighted by Gasteiger charge is -2.15. The monoisotopic (exact) mass is 371 g/mol. The number of anilines is 1. The summed E-state index contributed by atoms with van der Waals surface area (Å²) in [5.74, 6) is -0.0150. The van der Waals surface area contributed by atoms with E-state index in [1.165, 1.54) is 22.2 Å². The van der Waals surface area contributed by atoms with Crippen LogP contribution < -0.4 is 5.32 Å². The number of benzene rings is 1. The summed E-state index contributed by atoms with van der Waals surface area (Å²) >= 11 is 3.15. The summed E-state index contributed by atoms with van der Waals surface area (Å²) < 4.78 is 0. The molecule has 1 atom stereocenters. The highest BCUT2D eigenvalue weighted by atomic mass is 32.2. The number of hydrogen-bond donors (Lipinski definition) is 1. The van der Waals surface area contributed by atoms with Crippen LogP contribution in [0.3, 0.4) is 0 Å². The van der Waals surface area contributed by atoms with E-state index in [1.807, 2.05) is 39.0 Å². The molecule has 0 aliphatic heterocycles. The fraction of sp³-hybridized carbons (Fsp3) is 0.316. The predicted octanol–water partition coefficient (Wildman–Crippen LogP) is 5.04. The molecule has 0 aliphatic carbocycles. The largest absolute Gasteiger partial charge is 0.325 e. The van der Waals surface area contributed by atoms with Crippen molar-refractivity contribution in [2.75, 3.05) is 5.32 Å². The van der Waals surface area contributed by atoms with Crippen molar-refractivity contribution >= 4 is 44.9 Å². The van der Waals surface area contributed by atoms with Crippen LogP contribution in [0.4, 0.5) is 5.69 Å². The normalized spacial score (nSPS) is 12.4. The maximum atomic E-state index is 12.7. The molecule has 1 aromatic carbocycles. The number of rotatable bonds is 4. The second-order valence-electron chi connectivity index (χ2n) is 6.16. The van der Waals surface area contributed by atoms with Crippen LogP contribution in [-0.4, -0.2) is 21.1 Å². The molecule has 6 heteroatoms. The van der Waals surface area contributed by atoms with Crippen LogP contribution in [0.2, 0.25) is 0 Å². The van der Waals surface area contributed by atoms with Gasteiger partial charge in [0.05, 0.1) is 5.25 Å². The number of fused-ring (bicyclic) bond motifs is 1. The standard InChI is InChI=1S/C19H21N3OS2/c1-10-7-6-8-11(2)16(10)22-17(23)14(5)25-19-15-12(3)13(4)24-18(15)20-9-21-19/h6-9,14H,1-5H3,(H,22,23). The Labute approximate surface area is 156 Å². The molecule has 0 bridgehead atoms. The van der Waals surface area contributed by atoms with E-state index in [4.69, 9.17) is 0 Å². The van der Waals surface area contributed by atoms with E-state index in [0.717, 1.165) is 32.1 Å². The van der Waals surface area contributed by atoms with Gasteiger partial charge in [-0.2, -0.15) is 0 Å². The van der Waals surface area contributed by atoms with Crippen LogP contribution in [0.1, 0.15) is 28.5 Å². The van der Waals surface area contributed by atoms with Gasteiger partial charge in [0.25, 0.3) is 0 Å². The number of thiophene rings is 1. The van der Waals surface area contributed by atoms with E-state index < -0.39 is 0 Å². The number of carbonyl (C=O) groups excluding carboxylic acids is 1. The minimum atomic E-state index is -0.253. The lowest BCUT2D eigenvalue weighted by atomic mass is 10.1. The number of amides is 1. The maximum absolute atomic E-state index is 12.7. The number of nitrogens with one attached hydrogen (secondary N) is 1. The van der Waals surface area contributed by atoms with Crippen molar-refractivity contribution in [3.8, 4) is 0 Å². The Morgan fingerprint density at radius 2 is 1.84 bits per heavy atom. The third-order valence-corrected chi connectivity index (χ3v) is 6.53. The Kier molecular flexibility index (Phi) is 5.11. The molecule has 3 aromatic rings. The lowest BCUT2D eigenvalue weighted by molar-refractivity contribution is -0.115. The van der Waals surface area contributed by atoms with Crippen LogP contribution in [0.15, 0.2) is 29.6 Å². The third kappa shape index (κ3) is 3.55. The first-order valence-electron chi connectivity index (χ1n) is 8.13. The summed E-state index contributed by atoms with van der Waals surface area (Å²) in [6.07, 6.45) is 1.58. The fourth-order valence-electron chi connectivity index (χ4n) is 2.70. The molecule has 0 spiro atoms. The summed E-state index contributed by atoms with van der Waals surface area (Å²) in [6.45, 7) is 10.1. The van der Waals surface area contributed by atoms with Gasteiger partial charge in [0.1, 0.15) is 16.2 Å². The van der Waals surface area contributed by atoms with E-state index in [9.17, 15) is 4.79 Å². The summed E-state index contributed by atoms with van der Waals surface area (Å²) in [5.41, 5.74) is 4.24. The van der Waals surface area contributed by atoms with Gasteiger partial charge in [-0.1, -0.05) is 30.0 Å². The Hall–Kier alpha value is -1.92. The predicted molar refractivity (Wildman–Crippen MR) is 107 cm³/mol. The molecular formula is C19H21N3OS2. The molecule has 2 aromatic heterocycles. The quantitative estimate of drug-likeness (QED) is 0.515. The van der Waals surface area contributed by atoms with Gasteiger partial charge in [0, 0.05) is 16.0 Å². The highest BCUT2D eigenvalue weighted by Gasteiger charge is 2.20. The first kappa shape index (κ1) is 17.9. The molecule has 1 amide bonds. The minimum absolute atomic E-state index is 0.0150. The van der Waals surface area contributed by atoms with Crippen LogP contribution in [0, 0.1) is 27.7 Å². The molecule has 130 valence electrons. The zero-order valence-electron chi connectivity index (χ0n) is 15.0. The Balaban J connectivity index is 1.83. The Bertz CT molecular complexity index is 929. The van der Waals surface area contributed by atoms with Crippen LogP contribution in [-0.2, 0) is 4.79 Å². The smallest absolute Gasteiger partial charge is 0.237 e. The summed E-state index contributed by atoms with van der Waals surface area (Å²) in [6, 6.07) is 6.01. The average Bonchev–Trinajstić information content (AvgIpc) is 2.86. The van der Waals surface area contributed by atoms with E-state index in [1.54, 1.807) is 17.7 Å². The summed E-state index contributed by atoms with van der Waals surface area (Å²) in [7, 11) is 0. The van der Waals surface area contributed by atoms with Crippen LogP contribution >= 0.6 is 23.1 Å². The zero-order chi connectivity index (χ0) is 18.1. The fourth-order valence-corrected chi connectivity index (χ4v) is 4.73. The van der Waals surface area contributed by atoms with Crippen LogP contribution in [0.5, 0.6) is 0 Å². The molecule has 0 aliphatic rings. The van der Waals surface area contributed by atoms with Gasteiger partial charge in [-0.25, -0.2) is 9.97 Å². The third-order valence-electron chi connectivity index (χ3n) is 4.32. The molecule has 25 heavy (non-hydrogen) atoms.